The molecule has 0 aliphatic rings. The minimum Gasteiger partial charge on any atom is -0.326 e. The van der Waals surface area contributed by atoms with Gasteiger partial charge in [-0.15, -0.1) is 11.8 Å². The van der Waals surface area contributed by atoms with Gasteiger partial charge in [-0.05, 0) is 86.0 Å². The number of aryl methyl sites for hydroxylation is 2. The van der Waals surface area contributed by atoms with Crippen LogP contribution in [0.3, 0.4) is 0 Å². The van der Waals surface area contributed by atoms with Gasteiger partial charge in [-0.1, -0.05) is 29.8 Å². The van der Waals surface area contributed by atoms with E-state index in [1.54, 1.807) is 12.1 Å². The van der Waals surface area contributed by atoms with Crippen molar-refractivity contribution in [2.24, 2.45) is 0 Å². The normalized spacial score (nSPS) is 11.6. The van der Waals surface area contributed by atoms with E-state index in [9.17, 15) is 9.59 Å². The number of amides is 2. The Balaban J connectivity index is 1.52. The minimum absolute atomic E-state index is 0.0460. The molecule has 1 atom stereocenters. The van der Waals surface area contributed by atoms with Gasteiger partial charge in [-0.25, -0.2) is 0 Å². The van der Waals surface area contributed by atoms with Gasteiger partial charge in [0.15, 0.2) is 0 Å². The summed E-state index contributed by atoms with van der Waals surface area (Å²) in [5.74, 6) is -0.140. The smallest absolute Gasteiger partial charge is 0.237 e. The highest BCUT2D eigenvalue weighted by molar-refractivity contribution is 8.00. The van der Waals surface area contributed by atoms with Crippen molar-refractivity contribution in [3.8, 4) is 0 Å². The van der Waals surface area contributed by atoms with E-state index in [-0.39, 0.29) is 23.5 Å². The molecule has 6 heteroatoms. The summed E-state index contributed by atoms with van der Waals surface area (Å²) in [6.07, 6.45) is 0.281. The molecule has 0 aliphatic heterocycles. The topological polar surface area (TPSA) is 58.2 Å². The van der Waals surface area contributed by atoms with Gasteiger partial charge in [-0.2, -0.15) is 0 Å². The molecule has 2 N–H and O–H groups in total. The third kappa shape index (κ3) is 7.16. The Hall–Kier alpha value is -2.76. The number of carbonyl (C=O) groups is 2. The van der Waals surface area contributed by atoms with Crippen LogP contribution in [0.25, 0.3) is 0 Å². The molecule has 0 saturated carbocycles. The van der Waals surface area contributed by atoms with Gasteiger partial charge in [0, 0.05) is 21.3 Å². The van der Waals surface area contributed by atoms with Crippen molar-refractivity contribution >= 4 is 46.6 Å². The Morgan fingerprint density at radius 1 is 0.871 bits per heavy atom. The third-order valence-electron chi connectivity index (χ3n) is 4.59. The molecule has 0 aromatic heterocycles. The van der Waals surface area contributed by atoms with Crippen molar-refractivity contribution in [3.63, 3.8) is 0 Å². The molecule has 0 saturated heterocycles. The van der Waals surface area contributed by atoms with Gasteiger partial charge in [-0.3, -0.25) is 9.59 Å². The fourth-order valence-electron chi connectivity index (χ4n) is 3.16. The van der Waals surface area contributed by atoms with Crippen LogP contribution in [0.1, 0.15) is 23.6 Å². The highest BCUT2D eigenvalue weighted by Gasteiger charge is 2.15. The zero-order valence-corrected chi connectivity index (χ0v) is 19.3. The van der Waals surface area contributed by atoms with Gasteiger partial charge in [0.05, 0.1) is 11.7 Å². The first-order valence-corrected chi connectivity index (χ1v) is 11.2. The maximum absolute atomic E-state index is 12.5. The molecule has 0 bridgehead atoms. The summed E-state index contributed by atoms with van der Waals surface area (Å²) < 4.78 is 0. The first-order valence-electron chi connectivity index (χ1n) is 9.98. The molecule has 0 heterocycles. The maximum atomic E-state index is 12.5. The number of thioether (sulfide) groups is 1. The number of nitrogens with one attached hydrogen (secondary N) is 2. The zero-order valence-electron chi connectivity index (χ0n) is 17.7. The minimum atomic E-state index is -0.258. The van der Waals surface area contributed by atoms with Crippen LogP contribution in [0.4, 0.5) is 11.4 Å². The van der Waals surface area contributed by atoms with Crippen molar-refractivity contribution in [1.82, 2.24) is 0 Å². The Morgan fingerprint density at radius 2 is 1.48 bits per heavy atom. The molecule has 3 aromatic rings. The Morgan fingerprint density at radius 3 is 2.10 bits per heavy atom. The zero-order chi connectivity index (χ0) is 22.4. The van der Waals surface area contributed by atoms with E-state index in [0.29, 0.717) is 5.02 Å². The molecule has 3 aromatic carbocycles. The molecule has 0 radical (unpaired) electrons. The van der Waals surface area contributed by atoms with Gasteiger partial charge in [0.25, 0.3) is 0 Å². The van der Waals surface area contributed by atoms with E-state index in [1.807, 2.05) is 69.3 Å². The summed E-state index contributed by atoms with van der Waals surface area (Å²) in [6.45, 7) is 5.90. The Kier molecular flexibility index (Phi) is 7.77. The summed E-state index contributed by atoms with van der Waals surface area (Å²) in [7, 11) is 0. The molecule has 2 amide bonds. The lowest BCUT2D eigenvalue weighted by Gasteiger charge is -2.13. The van der Waals surface area contributed by atoms with Gasteiger partial charge < -0.3 is 10.6 Å². The number of hydrogen-bond donors (Lipinski definition) is 2. The van der Waals surface area contributed by atoms with E-state index >= 15 is 0 Å². The second-order valence-electron chi connectivity index (χ2n) is 7.50. The lowest BCUT2D eigenvalue weighted by molar-refractivity contribution is -0.116. The molecule has 0 spiro atoms. The molecule has 160 valence electrons. The van der Waals surface area contributed by atoms with Crippen molar-refractivity contribution in [3.05, 3.63) is 88.4 Å². The lowest BCUT2D eigenvalue weighted by atomic mass is 10.1. The van der Waals surface area contributed by atoms with Crippen LogP contribution in [0.15, 0.2) is 71.6 Å². The van der Waals surface area contributed by atoms with Crippen molar-refractivity contribution < 1.29 is 9.59 Å². The molecule has 0 aliphatic carbocycles. The number of anilines is 2. The predicted octanol–water partition coefficient (Wildman–Crippen LogP) is 6.26. The van der Waals surface area contributed by atoms with Crippen LogP contribution in [0.2, 0.25) is 5.02 Å². The average molecular weight is 453 g/mol. The predicted molar refractivity (Wildman–Crippen MR) is 130 cm³/mol. The van der Waals surface area contributed by atoms with Crippen LogP contribution < -0.4 is 10.6 Å². The number of rotatable bonds is 7. The Bertz CT molecular complexity index is 1050. The second-order valence-corrected chi connectivity index (χ2v) is 9.35. The van der Waals surface area contributed by atoms with Crippen molar-refractivity contribution in [2.75, 3.05) is 10.6 Å². The number of hydrogen-bond acceptors (Lipinski definition) is 3. The van der Waals surface area contributed by atoms with E-state index < -0.39 is 0 Å². The van der Waals surface area contributed by atoms with Gasteiger partial charge >= 0.3 is 0 Å². The first kappa shape index (κ1) is 22.9. The van der Waals surface area contributed by atoms with Crippen LogP contribution >= 0.6 is 23.4 Å². The van der Waals surface area contributed by atoms with Crippen LogP contribution in [0.5, 0.6) is 0 Å². The summed E-state index contributed by atoms with van der Waals surface area (Å²) >= 11 is 7.35. The molecular weight excluding hydrogens is 428 g/mol. The average Bonchev–Trinajstić information content (AvgIpc) is 2.70. The highest BCUT2D eigenvalue weighted by Crippen LogP contribution is 2.26. The number of benzene rings is 3. The number of halogens is 1. The summed E-state index contributed by atoms with van der Waals surface area (Å²) in [6, 6.07) is 20.7. The van der Waals surface area contributed by atoms with Crippen LogP contribution in [-0.2, 0) is 16.0 Å². The third-order valence-corrected chi connectivity index (χ3v) is 5.95. The molecule has 4 nitrogen and oxygen atoms in total. The summed E-state index contributed by atoms with van der Waals surface area (Å²) in [4.78, 5) is 25.7. The highest BCUT2D eigenvalue weighted by atomic mass is 35.5. The molecule has 1 unspecified atom stereocenters. The van der Waals surface area contributed by atoms with Gasteiger partial charge in [0.2, 0.25) is 11.8 Å². The van der Waals surface area contributed by atoms with Crippen molar-refractivity contribution in [2.45, 2.75) is 37.3 Å². The van der Waals surface area contributed by atoms with E-state index in [0.717, 1.165) is 33.0 Å². The van der Waals surface area contributed by atoms with Crippen LogP contribution in [-0.4, -0.2) is 17.1 Å². The fourth-order valence-corrected chi connectivity index (χ4v) is 4.15. The summed E-state index contributed by atoms with van der Waals surface area (Å²) in [5.41, 5.74) is 4.66. The molecular formula is C25H25ClN2O2S. The SMILES string of the molecule is Cc1cc(C)cc(NC(=O)C(C)Sc2ccc(NC(=O)Cc3ccc(Cl)cc3)cc2)c1. The maximum Gasteiger partial charge on any atom is 0.237 e. The quantitative estimate of drug-likeness (QED) is 0.416. The summed E-state index contributed by atoms with van der Waals surface area (Å²) in [5, 5.41) is 6.26. The largest absolute Gasteiger partial charge is 0.326 e. The van der Waals surface area contributed by atoms with E-state index in [1.165, 1.54) is 11.8 Å². The molecule has 31 heavy (non-hydrogen) atoms. The standard InChI is InChI=1S/C25H25ClN2O2S/c1-16-12-17(2)14-22(13-16)28-25(30)18(3)31-23-10-8-21(9-11-23)27-24(29)15-19-4-6-20(26)7-5-19/h4-14,18H,15H2,1-3H3,(H,27,29)(H,28,30). The molecule has 3 rings (SSSR count). The van der Waals surface area contributed by atoms with E-state index in [2.05, 4.69) is 16.7 Å². The van der Waals surface area contributed by atoms with Crippen LogP contribution in [0, 0.1) is 13.8 Å². The first-order chi connectivity index (χ1) is 14.8. The van der Waals surface area contributed by atoms with E-state index in [4.69, 9.17) is 11.6 Å². The van der Waals surface area contributed by atoms with Crippen molar-refractivity contribution in [1.29, 1.82) is 0 Å². The monoisotopic (exact) mass is 452 g/mol. The van der Waals surface area contributed by atoms with Gasteiger partial charge in [0.1, 0.15) is 0 Å². The second kappa shape index (κ2) is 10.5. The Labute approximate surface area is 192 Å². The molecule has 0 fully saturated rings. The lowest BCUT2D eigenvalue weighted by Crippen LogP contribution is -2.22. The fraction of sp³-hybridized carbons (Fsp3) is 0.200. The number of carbonyl (C=O) groups excluding carboxylic acids is 2.